The lowest BCUT2D eigenvalue weighted by atomic mass is 10.0. The number of nitrogens with zero attached hydrogens (tertiary/aromatic N) is 1. The van der Waals surface area contributed by atoms with Gasteiger partial charge in [-0.2, -0.15) is 0 Å². The van der Waals surface area contributed by atoms with E-state index >= 15 is 0 Å². The number of pyridine rings is 1. The van der Waals surface area contributed by atoms with E-state index in [0.29, 0.717) is 5.75 Å². The van der Waals surface area contributed by atoms with Crippen molar-refractivity contribution in [2.45, 2.75) is 11.9 Å². The zero-order chi connectivity index (χ0) is 18.6. The molecule has 132 valence electrons. The number of aromatic nitrogens is 1. The lowest BCUT2D eigenvalue weighted by molar-refractivity contribution is 0.102. The minimum Gasteiger partial charge on any atom is -0.293 e. The van der Waals surface area contributed by atoms with Crippen molar-refractivity contribution < 1.29 is 4.79 Å². The van der Waals surface area contributed by atoms with Gasteiger partial charge in [0.1, 0.15) is 0 Å². The molecule has 0 amide bonds. The van der Waals surface area contributed by atoms with Gasteiger partial charge in [-0.3, -0.25) is 4.79 Å². The third-order valence-electron chi connectivity index (χ3n) is 4.56. The Morgan fingerprint density at radius 3 is 2.30 bits per heavy atom. The Bertz CT molecular complexity index is 1090. The van der Waals surface area contributed by atoms with Gasteiger partial charge in [-0.05, 0) is 35.7 Å². The van der Waals surface area contributed by atoms with E-state index in [4.69, 9.17) is 0 Å². The summed E-state index contributed by atoms with van der Waals surface area (Å²) in [4.78, 5) is 17.2. The van der Waals surface area contributed by atoms with Crippen LogP contribution in [0.2, 0.25) is 0 Å². The van der Waals surface area contributed by atoms with E-state index in [1.54, 1.807) is 0 Å². The van der Waals surface area contributed by atoms with Crippen LogP contribution in [0.1, 0.15) is 15.9 Å². The summed E-state index contributed by atoms with van der Waals surface area (Å²) in [7, 11) is 0. The number of rotatable bonds is 5. The van der Waals surface area contributed by atoms with Crippen molar-refractivity contribution in [3.05, 3.63) is 96.1 Å². The molecule has 0 bridgehead atoms. The topological polar surface area (TPSA) is 30.0 Å². The predicted molar refractivity (Wildman–Crippen MR) is 113 cm³/mol. The third-order valence-corrected chi connectivity index (χ3v) is 5.48. The van der Waals surface area contributed by atoms with Crippen LogP contribution < -0.4 is 0 Å². The van der Waals surface area contributed by atoms with E-state index in [2.05, 4.69) is 36.2 Å². The molecule has 0 radical (unpaired) electrons. The second-order valence-electron chi connectivity index (χ2n) is 6.45. The van der Waals surface area contributed by atoms with Gasteiger partial charge in [-0.15, -0.1) is 0 Å². The molecule has 3 heteroatoms. The molecule has 0 spiro atoms. The summed E-state index contributed by atoms with van der Waals surface area (Å²) in [5.41, 5.74) is 5.16. The zero-order valence-corrected chi connectivity index (χ0v) is 15.9. The van der Waals surface area contributed by atoms with Crippen molar-refractivity contribution in [1.29, 1.82) is 0 Å². The molecule has 4 rings (SSSR count). The highest BCUT2D eigenvalue weighted by Gasteiger charge is 2.09. The maximum Gasteiger partial charge on any atom is 0.173 e. The summed E-state index contributed by atoms with van der Waals surface area (Å²) in [5, 5.41) is 2.05. The number of hydrogen-bond acceptors (Lipinski definition) is 3. The maximum atomic E-state index is 12.6. The van der Waals surface area contributed by atoms with E-state index in [0.717, 1.165) is 32.6 Å². The van der Waals surface area contributed by atoms with Crippen LogP contribution >= 0.6 is 11.8 Å². The maximum absolute atomic E-state index is 12.6. The third kappa shape index (κ3) is 3.93. The molecule has 0 aliphatic rings. The van der Waals surface area contributed by atoms with Crippen molar-refractivity contribution >= 4 is 28.4 Å². The molecule has 0 saturated heterocycles. The van der Waals surface area contributed by atoms with E-state index in [1.165, 1.54) is 17.3 Å². The summed E-state index contributed by atoms with van der Waals surface area (Å²) in [6.45, 7) is 2.08. The normalized spacial score (nSPS) is 10.9. The second kappa shape index (κ2) is 7.77. The number of benzene rings is 3. The zero-order valence-electron chi connectivity index (χ0n) is 15.1. The van der Waals surface area contributed by atoms with Gasteiger partial charge in [-0.25, -0.2) is 4.98 Å². The van der Waals surface area contributed by atoms with Gasteiger partial charge in [0.2, 0.25) is 0 Å². The van der Waals surface area contributed by atoms with Gasteiger partial charge in [-0.1, -0.05) is 84.6 Å². The fourth-order valence-electron chi connectivity index (χ4n) is 3.09. The van der Waals surface area contributed by atoms with E-state index in [1.807, 2.05) is 60.7 Å². The van der Waals surface area contributed by atoms with Gasteiger partial charge in [0.25, 0.3) is 0 Å². The molecule has 4 aromatic rings. The van der Waals surface area contributed by atoms with Crippen LogP contribution in [0.4, 0.5) is 0 Å². The Hall–Kier alpha value is -2.91. The highest BCUT2D eigenvalue weighted by molar-refractivity contribution is 7.99. The summed E-state index contributed by atoms with van der Waals surface area (Å²) in [6, 6.07) is 28.1. The van der Waals surface area contributed by atoms with Crippen molar-refractivity contribution in [3.63, 3.8) is 0 Å². The van der Waals surface area contributed by atoms with Gasteiger partial charge in [0, 0.05) is 10.9 Å². The summed E-state index contributed by atoms with van der Waals surface area (Å²) in [6.07, 6.45) is 0. The van der Waals surface area contributed by atoms with Crippen LogP contribution in [0.25, 0.3) is 22.0 Å². The van der Waals surface area contributed by atoms with Crippen molar-refractivity contribution in [3.8, 4) is 11.1 Å². The van der Waals surface area contributed by atoms with Crippen LogP contribution in [0.3, 0.4) is 0 Å². The van der Waals surface area contributed by atoms with Crippen LogP contribution in [-0.4, -0.2) is 16.5 Å². The summed E-state index contributed by atoms with van der Waals surface area (Å²) < 4.78 is 0. The first-order valence-electron chi connectivity index (χ1n) is 8.88. The molecule has 1 heterocycles. The van der Waals surface area contributed by atoms with Crippen molar-refractivity contribution in [1.82, 2.24) is 4.98 Å². The Kier molecular flexibility index (Phi) is 5.03. The first kappa shape index (κ1) is 17.5. The first-order chi connectivity index (χ1) is 13.2. The Balaban J connectivity index is 1.46. The predicted octanol–water partition coefficient (Wildman–Crippen LogP) is 6.19. The Morgan fingerprint density at radius 1 is 0.852 bits per heavy atom. The number of carbonyl (C=O) groups excluding carboxylic acids is 1. The molecular formula is C24H19NOS. The number of thioether (sulfide) groups is 1. The van der Waals surface area contributed by atoms with Gasteiger partial charge < -0.3 is 0 Å². The van der Waals surface area contributed by atoms with E-state index in [-0.39, 0.29) is 5.78 Å². The number of carbonyl (C=O) groups is 1. The average molecular weight is 369 g/mol. The molecule has 27 heavy (non-hydrogen) atoms. The van der Waals surface area contributed by atoms with Crippen LogP contribution in [0.5, 0.6) is 0 Å². The molecular weight excluding hydrogens is 350 g/mol. The lowest BCUT2D eigenvalue weighted by Crippen LogP contribution is -2.02. The molecule has 0 aliphatic heterocycles. The quantitative estimate of drug-likeness (QED) is 0.310. The highest BCUT2D eigenvalue weighted by atomic mass is 32.2. The monoisotopic (exact) mass is 369 g/mol. The first-order valence-corrected chi connectivity index (χ1v) is 9.87. The molecule has 0 fully saturated rings. The minimum atomic E-state index is 0.118. The minimum absolute atomic E-state index is 0.118. The van der Waals surface area contributed by atoms with Crippen molar-refractivity contribution in [2.75, 3.05) is 5.75 Å². The SMILES string of the molecule is Cc1cc(SCC(=O)c2ccc(-c3ccccc3)cc2)nc2ccccc12. The smallest absolute Gasteiger partial charge is 0.173 e. The van der Waals surface area contributed by atoms with Crippen LogP contribution in [0, 0.1) is 6.92 Å². The van der Waals surface area contributed by atoms with E-state index < -0.39 is 0 Å². The molecule has 0 saturated carbocycles. The van der Waals surface area contributed by atoms with Gasteiger partial charge in [0.15, 0.2) is 5.78 Å². The molecule has 1 aromatic heterocycles. The molecule has 0 unspecified atom stereocenters. The molecule has 0 aliphatic carbocycles. The van der Waals surface area contributed by atoms with Crippen LogP contribution in [-0.2, 0) is 0 Å². The number of ketones is 1. The molecule has 0 atom stereocenters. The van der Waals surface area contributed by atoms with Gasteiger partial charge in [0.05, 0.1) is 16.3 Å². The summed E-state index contributed by atoms with van der Waals surface area (Å²) in [5.74, 6) is 0.502. The number of hydrogen-bond donors (Lipinski definition) is 0. The molecule has 2 nitrogen and oxygen atoms in total. The Morgan fingerprint density at radius 2 is 1.52 bits per heavy atom. The van der Waals surface area contributed by atoms with E-state index in [9.17, 15) is 4.79 Å². The number of para-hydroxylation sites is 1. The summed E-state index contributed by atoms with van der Waals surface area (Å²) >= 11 is 1.49. The number of aryl methyl sites for hydroxylation is 1. The fraction of sp³-hybridized carbons (Fsp3) is 0.0833. The standard InChI is InChI=1S/C24H19NOS/c1-17-15-24(25-22-10-6-5-9-21(17)22)27-16-23(26)20-13-11-19(12-14-20)18-7-3-2-4-8-18/h2-15H,16H2,1H3. The lowest BCUT2D eigenvalue weighted by Gasteiger charge is -2.07. The van der Waals surface area contributed by atoms with Crippen LogP contribution in [0.15, 0.2) is 90.0 Å². The Labute approximate surface area is 163 Å². The highest BCUT2D eigenvalue weighted by Crippen LogP contribution is 2.25. The second-order valence-corrected chi connectivity index (χ2v) is 7.45. The average Bonchev–Trinajstić information content (AvgIpc) is 2.73. The molecule has 3 aromatic carbocycles. The largest absolute Gasteiger partial charge is 0.293 e. The molecule has 0 N–H and O–H groups in total. The van der Waals surface area contributed by atoms with Crippen molar-refractivity contribution in [2.24, 2.45) is 0 Å². The van der Waals surface area contributed by atoms with Gasteiger partial charge >= 0.3 is 0 Å². The number of fused-ring (bicyclic) bond motifs is 1. The fourth-order valence-corrected chi connectivity index (χ4v) is 3.96. The number of Topliss-reactive ketones (excluding diaryl/α,β-unsaturated/α-hetero) is 1.